The van der Waals surface area contributed by atoms with Crippen LogP contribution in [0.2, 0.25) is 0 Å². The van der Waals surface area contributed by atoms with Gasteiger partial charge in [-0.15, -0.1) is 0 Å². The van der Waals surface area contributed by atoms with Crippen LogP contribution in [0.25, 0.3) is 10.3 Å². The maximum atomic E-state index is 13.2. The van der Waals surface area contributed by atoms with Crippen molar-refractivity contribution >= 4 is 48.3 Å². The minimum absolute atomic E-state index is 0.0455. The average Bonchev–Trinajstić information content (AvgIpc) is 3.54. The van der Waals surface area contributed by atoms with Crippen LogP contribution in [0.1, 0.15) is 18.9 Å². The summed E-state index contributed by atoms with van der Waals surface area (Å²) in [6, 6.07) is 9.38. The maximum absolute atomic E-state index is 13.2. The van der Waals surface area contributed by atoms with Crippen LogP contribution in [0.15, 0.2) is 46.4 Å². The van der Waals surface area contributed by atoms with Crippen molar-refractivity contribution in [3.05, 3.63) is 42.0 Å². The summed E-state index contributed by atoms with van der Waals surface area (Å²) in [5.41, 5.74) is 0.931. The fraction of sp³-hybridized carbons (Fsp3) is 0.391. The molecule has 1 aromatic carbocycles. The summed E-state index contributed by atoms with van der Waals surface area (Å²) in [6.45, 7) is 2.61. The van der Waals surface area contributed by atoms with E-state index in [1.165, 1.54) is 49.8 Å². The minimum Gasteiger partial charge on any atom is -0.481 e. The first kappa shape index (κ1) is 25.9. The van der Waals surface area contributed by atoms with Gasteiger partial charge in [-0.3, -0.25) is 10.1 Å². The van der Waals surface area contributed by atoms with E-state index in [1.54, 1.807) is 19.1 Å². The van der Waals surface area contributed by atoms with E-state index < -0.39 is 27.1 Å². The summed E-state index contributed by atoms with van der Waals surface area (Å²) in [5.74, 6) is -0.142. The van der Waals surface area contributed by atoms with Gasteiger partial charge < -0.3 is 19.0 Å². The molecule has 11 nitrogen and oxygen atoms in total. The summed E-state index contributed by atoms with van der Waals surface area (Å²) in [4.78, 5) is 28.1. The zero-order valence-electron chi connectivity index (χ0n) is 20.0. The molecule has 36 heavy (non-hydrogen) atoms. The summed E-state index contributed by atoms with van der Waals surface area (Å²) in [5, 5.41) is 6.51. The highest BCUT2D eigenvalue weighted by molar-refractivity contribution is 7.92. The molecule has 0 saturated carbocycles. The lowest BCUT2D eigenvalue weighted by atomic mass is 10.1. The smallest absolute Gasteiger partial charge is 0.280 e. The molecule has 3 aromatic rings. The number of nitrogens with one attached hydrogen (secondary N) is 1. The van der Waals surface area contributed by atoms with Crippen LogP contribution in [0.3, 0.4) is 0 Å². The van der Waals surface area contributed by atoms with Crippen LogP contribution >= 0.6 is 11.3 Å². The van der Waals surface area contributed by atoms with E-state index in [4.69, 9.17) is 19.0 Å². The number of sulfone groups is 1. The van der Waals surface area contributed by atoms with E-state index in [0.717, 1.165) is 0 Å². The van der Waals surface area contributed by atoms with Crippen LogP contribution in [0.5, 0.6) is 5.88 Å². The Bertz CT molecular complexity index is 1350. The molecule has 1 N–H and O–H groups in total. The molecule has 2 aromatic heterocycles. The molecule has 1 saturated heterocycles. The molecule has 192 valence electrons. The van der Waals surface area contributed by atoms with Crippen LogP contribution in [0.4, 0.5) is 5.13 Å². The van der Waals surface area contributed by atoms with E-state index in [1.807, 2.05) is 0 Å². The molecule has 13 heteroatoms. The number of aromatic nitrogens is 2. The molecular weight excluding hydrogens is 508 g/mol. The topological polar surface area (TPSA) is 138 Å². The van der Waals surface area contributed by atoms with Gasteiger partial charge in [0, 0.05) is 25.3 Å². The second kappa shape index (κ2) is 11.3. The van der Waals surface area contributed by atoms with Crippen LogP contribution < -0.4 is 10.1 Å². The fourth-order valence-electron chi connectivity index (χ4n) is 3.51. The second-order valence-electron chi connectivity index (χ2n) is 8.02. The molecule has 1 aliphatic heterocycles. The molecule has 1 aliphatic rings. The number of carbonyl (C=O) groups is 1. The molecule has 1 fully saturated rings. The molecule has 0 spiro atoms. The van der Waals surface area contributed by atoms with Gasteiger partial charge in [-0.05, 0) is 31.5 Å². The minimum atomic E-state index is -3.54. The lowest BCUT2D eigenvalue weighted by Crippen LogP contribution is -2.26. The first-order chi connectivity index (χ1) is 17.3. The van der Waals surface area contributed by atoms with Crippen molar-refractivity contribution in [2.24, 2.45) is 5.16 Å². The number of benzene rings is 1. The summed E-state index contributed by atoms with van der Waals surface area (Å²) in [7, 11) is -0.496. The number of rotatable bonds is 10. The van der Waals surface area contributed by atoms with Crippen molar-refractivity contribution in [2.45, 2.75) is 29.6 Å². The predicted molar refractivity (Wildman–Crippen MR) is 134 cm³/mol. The third kappa shape index (κ3) is 5.81. The normalized spacial score (nSPS) is 17.2. The van der Waals surface area contributed by atoms with Gasteiger partial charge in [0.25, 0.3) is 5.91 Å². The number of amides is 1. The number of thiazole rings is 1. The molecule has 4 rings (SSSR count). The third-order valence-corrected chi connectivity index (χ3v) is 8.44. The molecule has 2 atom stereocenters. The Morgan fingerprint density at radius 1 is 1.22 bits per heavy atom. The van der Waals surface area contributed by atoms with Crippen LogP contribution in [-0.2, 0) is 28.9 Å². The number of carbonyl (C=O) groups excluding carboxylic acids is 1. The quantitative estimate of drug-likeness (QED) is 0.307. The largest absolute Gasteiger partial charge is 0.481 e. The molecule has 3 heterocycles. The number of methoxy groups -OCH3 is 2. The van der Waals surface area contributed by atoms with E-state index in [0.29, 0.717) is 39.9 Å². The van der Waals surface area contributed by atoms with Crippen molar-refractivity contribution in [3.63, 3.8) is 0 Å². The Labute approximate surface area is 212 Å². The number of pyridine rings is 1. The molecule has 0 radical (unpaired) electrons. The Morgan fingerprint density at radius 3 is 2.67 bits per heavy atom. The van der Waals surface area contributed by atoms with E-state index in [9.17, 15) is 13.2 Å². The molecule has 0 bridgehead atoms. The zero-order chi connectivity index (χ0) is 25.7. The Hall–Kier alpha value is -3.13. The highest BCUT2D eigenvalue weighted by atomic mass is 32.2. The Balaban J connectivity index is 1.60. The van der Waals surface area contributed by atoms with Crippen molar-refractivity contribution < 1.29 is 32.3 Å². The van der Waals surface area contributed by atoms with E-state index >= 15 is 0 Å². The Kier molecular flexibility index (Phi) is 8.14. The number of fused-ring (bicyclic) bond motifs is 1. The van der Waals surface area contributed by atoms with Gasteiger partial charge >= 0.3 is 0 Å². The fourth-order valence-corrected chi connectivity index (χ4v) is 5.92. The molecular formula is C23H26N4O7S2. The van der Waals surface area contributed by atoms with Gasteiger partial charge in [0.1, 0.15) is 16.5 Å². The van der Waals surface area contributed by atoms with Gasteiger partial charge in [0.15, 0.2) is 20.7 Å². The molecule has 1 amide bonds. The van der Waals surface area contributed by atoms with Gasteiger partial charge in [-0.25, -0.2) is 18.4 Å². The van der Waals surface area contributed by atoms with Crippen molar-refractivity contribution in [2.75, 3.05) is 39.4 Å². The average molecular weight is 535 g/mol. The highest BCUT2D eigenvalue weighted by Gasteiger charge is 2.31. The second-order valence-corrected chi connectivity index (χ2v) is 11.2. The zero-order valence-corrected chi connectivity index (χ0v) is 21.6. The maximum Gasteiger partial charge on any atom is 0.280 e. The van der Waals surface area contributed by atoms with E-state index in [2.05, 4.69) is 20.4 Å². The van der Waals surface area contributed by atoms with Crippen LogP contribution in [0, 0.1) is 0 Å². The first-order valence-electron chi connectivity index (χ1n) is 11.1. The summed E-state index contributed by atoms with van der Waals surface area (Å²) >= 11 is 1.18. The van der Waals surface area contributed by atoms with Gasteiger partial charge in [0.05, 0.1) is 30.5 Å². The number of nitrogens with zero attached hydrogens (tertiary/aromatic N) is 3. The number of ether oxygens (including phenoxy) is 3. The monoisotopic (exact) mass is 534 g/mol. The lowest BCUT2D eigenvalue weighted by molar-refractivity contribution is -0.110. The van der Waals surface area contributed by atoms with Gasteiger partial charge in [-0.1, -0.05) is 28.6 Å². The predicted octanol–water partition coefficient (Wildman–Crippen LogP) is 2.66. The standard InChI is InChI=1S/C23H26N4O7S2/c1-14(12-31-2)34-27-20(15-4-6-16(7-5-15)36(29,30)17-10-11-33-13-17)21(28)26-23-24-18-8-9-19(32-3)25-22(18)35-23/h4-9,14,17H,10-13H2,1-3H3,(H,24,26,28)/t14-,17+/m1/s1. The number of hydrogen-bond acceptors (Lipinski definition) is 11. The number of hydrogen-bond donors (Lipinski definition) is 1. The van der Waals surface area contributed by atoms with Crippen molar-refractivity contribution in [1.29, 1.82) is 0 Å². The van der Waals surface area contributed by atoms with Crippen LogP contribution in [-0.4, -0.2) is 75.4 Å². The SMILES string of the molecule is COC[C@@H](C)ON=C(C(=O)Nc1nc2ccc(OC)nc2s1)c1ccc(S(=O)(=O)[C@H]2CCOC2)cc1. The van der Waals surface area contributed by atoms with Gasteiger partial charge in [0.2, 0.25) is 5.88 Å². The molecule has 0 unspecified atom stereocenters. The van der Waals surface area contributed by atoms with Crippen molar-refractivity contribution in [3.8, 4) is 5.88 Å². The molecule has 0 aliphatic carbocycles. The van der Waals surface area contributed by atoms with Crippen molar-refractivity contribution in [1.82, 2.24) is 9.97 Å². The van der Waals surface area contributed by atoms with E-state index in [-0.39, 0.29) is 23.8 Å². The number of oxime groups is 1. The van der Waals surface area contributed by atoms with Gasteiger partial charge in [-0.2, -0.15) is 0 Å². The highest BCUT2D eigenvalue weighted by Crippen LogP contribution is 2.27. The summed E-state index contributed by atoms with van der Waals surface area (Å²) in [6.07, 6.45) is 0.0341. The third-order valence-electron chi connectivity index (χ3n) is 5.38. The summed E-state index contributed by atoms with van der Waals surface area (Å²) < 4.78 is 41.1. The lowest BCUT2D eigenvalue weighted by Gasteiger charge is -2.12. The Morgan fingerprint density at radius 2 is 2.00 bits per heavy atom. The number of anilines is 1. The first-order valence-corrected chi connectivity index (χ1v) is 13.5.